The second-order valence-electron chi connectivity index (χ2n) is 4.12. The summed E-state index contributed by atoms with van der Waals surface area (Å²) in [4.78, 5) is 3.89. The van der Waals surface area contributed by atoms with Gasteiger partial charge in [0.2, 0.25) is 0 Å². The van der Waals surface area contributed by atoms with Crippen LogP contribution in [-0.4, -0.2) is 23.7 Å². The van der Waals surface area contributed by atoms with Crippen LogP contribution in [0.25, 0.3) is 0 Å². The summed E-state index contributed by atoms with van der Waals surface area (Å²) in [6.45, 7) is 1.10. The molecular formula is C11H13F5N2O. The Hall–Kier alpha value is -1.44. The van der Waals surface area contributed by atoms with Gasteiger partial charge in [-0.2, -0.15) is 22.0 Å². The van der Waals surface area contributed by atoms with Gasteiger partial charge < -0.3 is 10.5 Å². The molecule has 1 rings (SSSR count). The smallest absolute Gasteiger partial charge is 0.398 e. The van der Waals surface area contributed by atoms with Gasteiger partial charge in [-0.05, 0) is 25.0 Å². The number of aryl methyl sites for hydroxylation is 1. The fraction of sp³-hybridized carbons (Fsp3) is 0.545. The average molecular weight is 284 g/mol. The van der Waals surface area contributed by atoms with E-state index in [9.17, 15) is 22.0 Å². The van der Waals surface area contributed by atoms with Gasteiger partial charge in [0.15, 0.2) is 0 Å². The topological polar surface area (TPSA) is 48.1 Å². The first-order chi connectivity index (χ1) is 8.56. The molecule has 0 atom stereocenters. The standard InChI is InChI=1S/C11H13F5N2O/c1-6-3-18-8(7(2)9(6)17)4-19-5-10(12,13)11(14,15)16/h3H,4-5H2,1-2H3,(H2,17,18). The first-order valence-electron chi connectivity index (χ1n) is 5.29. The molecule has 0 aliphatic carbocycles. The third-order valence-corrected chi connectivity index (χ3v) is 2.61. The number of ether oxygens (including phenoxy) is 1. The number of nitrogens with zero attached hydrogens (tertiary/aromatic N) is 1. The molecule has 0 saturated carbocycles. The van der Waals surface area contributed by atoms with Crippen molar-refractivity contribution in [1.82, 2.24) is 4.98 Å². The molecule has 0 aromatic carbocycles. The number of pyridine rings is 1. The molecule has 19 heavy (non-hydrogen) atoms. The monoisotopic (exact) mass is 284 g/mol. The predicted octanol–water partition coefficient (Wildman–Crippen LogP) is 2.99. The van der Waals surface area contributed by atoms with Crippen LogP contribution in [0.2, 0.25) is 0 Å². The van der Waals surface area contributed by atoms with Gasteiger partial charge in [-0.3, -0.25) is 4.98 Å². The molecule has 0 aliphatic heterocycles. The Morgan fingerprint density at radius 1 is 1.21 bits per heavy atom. The lowest BCUT2D eigenvalue weighted by Crippen LogP contribution is -2.40. The first-order valence-corrected chi connectivity index (χ1v) is 5.29. The summed E-state index contributed by atoms with van der Waals surface area (Å²) in [5.41, 5.74) is 7.54. The molecule has 108 valence electrons. The zero-order valence-corrected chi connectivity index (χ0v) is 10.3. The Morgan fingerprint density at radius 2 is 1.79 bits per heavy atom. The normalized spacial score (nSPS) is 12.8. The van der Waals surface area contributed by atoms with Crippen molar-refractivity contribution in [1.29, 1.82) is 0 Å². The van der Waals surface area contributed by atoms with Crippen LogP contribution in [0.15, 0.2) is 6.20 Å². The third kappa shape index (κ3) is 3.52. The van der Waals surface area contributed by atoms with Gasteiger partial charge in [-0.25, -0.2) is 0 Å². The van der Waals surface area contributed by atoms with Crippen LogP contribution in [0.3, 0.4) is 0 Å². The van der Waals surface area contributed by atoms with Crippen LogP contribution in [-0.2, 0) is 11.3 Å². The van der Waals surface area contributed by atoms with E-state index in [4.69, 9.17) is 5.73 Å². The molecule has 1 heterocycles. The Bertz CT molecular complexity index is 459. The van der Waals surface area contributed by atoms with Crippen LogP contribution < -0.4 is 5.73 Å². The van der Waals surface area contributed by atoms with E-state index in [1.165, 1.54) is 6.20 Å². The molecule has 0 unspecified atom stereocenters. The zero-order valence-electron chi connectivity index (χ0n) is 10.3. The maximum absolute atomic E-state index is 12.6. The van der Waals surface area contributed by atoms with E-state index >= 15 is 0 Å². The largest absolute Gasteiger partial charge is 0.455 e. The molecule has 0 saturated heterocycles. The van der Waals surface area contributed by atoms with E-state index in [0.29, 0.717) is 16.8 Å². The molecular weight excluding hydrogens is 271 g/mol. The van der Waals surface area contributed by atoms with E-state index in [2.05, 4.69) is 9.72 Å². The number of hydrogen-bond acceptors (Lipinski definition) is 3. The van der Waals surface area contributed by atoms with Gasteiger partial charge in [-0.1, -0.05) is 0 Å². The highest BCUT2D eigenvalue weighted by Crippen LogP contribution is 2.35. The number of aromatic nitrogens is 1. The Labute approximate surface area is 106 Å². The molecule has 2 N–H and O–H groups in total. The lowest BCUT2D eigenvalue weighted by atomic mass is 10.1. The van der Waals surface area contributed by atoms with Crippen LogP contribution in [0.5, 0.6) is 0 Å². The second kappa shape index (κ2) is 5.28. The highest BCUT2D eigenvalue weighted by molar-refractivity contribution is 5.53. The van der Waals surface area contributed by atoms with Gasteiger partial charge in [0.25, 0.3) is 0 Å². The number of halogens is 5. The SMILES string of the molecule is Cc1cnc(COCC(F)(F)C(F)(F)F)c(C)c1N. The lowest BCUT2D eigenvalue weighted by Gasteiger charge is -2.19. The fourth-order valence-corrected chi connectivity index (χ4v) is 1.30. The van der Waals surface area contributed by atoms with Crippen molar-refractivity contribution in [2.45, 2.75) is 32.6 Å². The number of nitrogen functional groups attached to an aromatic ring is 1. The van der Waals surface area contributed by atoms with Crippen molar-refractivity contribution in [2.24, 2.45) is 0 Å². The first kappa shape index (κ1) is 15.6. The van der Waals surface area contributed by atoms with E-state index in [1.807, 2.05) is 0 Å². The summed E-state index contributed by atoms with van der Waals surface area (Å²) in [6.07, 6.45) is -4.22. The molecule has 0 aliphatic rings. The number of anilines is 1. The number of alkyl halides is 5. The summed E-state index contributed by atoms with van der Waals surface area (Å²) >= 11 is 0. The molecule has 0 spiro atoms. The van der Waals surface area contributed by atoms with Crippen molar-refractivity contribution in [2.75, 3.05) is 12.3 Å². The zero-order chi connectivity index (χ0) is 14.8. The molecule has 1 aromatic rings. The van der Waals surface area contributed by atoms with Crippen molar-refractivity contribution in [3.63, 3.8) is 0 Å². The van der Waals surface area contributed by atoms with Crippen LogP contribution in [0, 0.1) is 13.8 Å². The third-order valence-electron chi connectivity index (χ3n) is 2.61. The van der Waals surface area contributed by atoms with E-state index in [1.54, 1.807) is 13.8 Å². The second-order valence-corrected chi connectivity index (χ2v) is 4.12. The summed E-state index contributed by atoms with van der Waals surface area (Å²) < 4.78 is 65.2. The van der Waals surface area contributed by atoms with Gasteiger partial charge in [0.1, 0.15) is 6.61 Å². The highest BCUT2D eigenvalue weighted by Gasteiger charge is 2.57. The minimum Gasteiger partial charge on any atom is -0.398 e. The minimum absolute atomic E-state index is 0.237. The van der Waals surface area contributed by atoms with Gasteiger partial charge in [0, 0.05) is 11.9 Å². The summed E-state index contributed by atoms with van der Waals surface area (Å²) in [5, 5.41) is 0. The van der Waals surface area contributed by atoms with E-state index in [0.717, 1.165) is 0 Å². The maximum Gasteiger partial charge on any atom is 0.455 e. The van der Waals surface area contributed by atoms with Gasteiger partial charge in [-0.15, -0.1) is 0 Å². The molecule has 0 fully saturated rings. The molecule has 0 radical (unpaired) electrons. The van der Waals surface area contributed by atoms with Crippen LogP contribution >= 0.6 is 0 Å². The number of nitrogens with two attached hydrogens (primary N) is 1. The number of hydrogen-bond donors (Lipinski definition) is 1. The Morgan fingerprint density at radius 3 is 2.32 bits per heavy atom. The number of rotatable bonds is 4. The van der Waals surface area contributed by atoms with Crippen molar-refractivity contribution in [3.8, 4) is 0 Å². The van der Waals surface area contributed by atoms with Crippen molar-refractivity contribution >= 4 is 5.69 Å². The summed E-state index contributed by atoms with van der Waals surface area (Å²) in [5.74, 6) is -4.88. The van der Waals surface area contributed by atoms with Crippen molar-refractivity contribution in [3.05, 3.63) is 23.0 Å². The van der Waals surface area contributed by atoms with Gasteiger partial charge in [0.05, 0.1) is 12.3 Å². The molecule has 8 heteroatoms. The van der Waals surface area contributed by atoms with Crippen LogP contribution in [0.4, 0.5) is 27.6 Å². The highest BCUT2D eigenvalue weighted by atomic mass is 19.4. The Kier molecular flexibility index (Phi) is 4.34. The maximum atomic E-state index is 12.6. The molecule has 0 bridgehead atoms. The van der Waals surface area contributed by atoms with E-state index < -0.39 is 25.3 Å². The minimum atomic E-state index is -5.62. The molecule has 0 amide bonds. The van der Waals surface area contributed by atoms with Gasteiger partial charge >= 0.3 is 12.1 Å². The lowest BCUT2D eigenvalue weighted by molar-refractivity contribution is -0.297. The molecule has 3 nitrogen and oxygen atoms in total. The molecule has 1 aromatic heterocycles. The summed E-state index contributed by atoms with van der Waals surface area (Å²) in [7, 11) is 0. The average Bonchev–Trinajstić information content (AvgIpc) is 2.27. The van der Waals surface area contributed by atoms with Crippen LogP contribution in [0.1, 0.15) is 16.8 Å². The quantitative estimate of drug-likeness (QED) is 0.865. The van der Waals surface area contributed by atoms with Crippen molar-refractivity contribution < 1.29 is 26.7 Å². The predicted molar refractivity (Wildman–Crippen MR) is 58.8 cm³/mol. The Balaban J connectivity index is 2.67. The fourth-order valence-electron chi connectivity index (χ4n) is 1.30. The summed E-state index contributed by atoms with van der Waals surface area (Å²) in [6, 6.07) is 0. The van der Waals surface area contributed by atoms with E-state index in [-0.39, 0.29) is 5.69 Å².